The number of aromatic nitrogens is 3. The van der Waals surface area contributed by atoms with E-state index in [4.69, 9.17) is 0 Å². The molecule has 0 unspecified atom stereocenters. The number of non-ortho nitro benzene ring substituents is 1. The summed E-state index contributed by atoms with van der Waals surface area (Å²) < 4.78 is 65.7. The van der Waals surface area contributed by atoms with E-state index in [1.165, 1.54) is 23.0 Å². The van der Waals surface area contributed by atoms with E-state index < -0.39 is 31.6 Å². The number of hydrogen-bond acceptors (Lipinski definition) is 6. The summed E-state index contributed by atoms with van der Waals surface area (Å²) in [4.78, 5) is 21.2. The van der Waals surface area contributed by atoms with E-state index in [0.717, 1.165) is 17.8 Å². The van der Waals surface area contributed by atoms with Crippen molar-refractivity contribution in [3.63, 3.8) is 0 Å². The molecule has 0 aliphatic rings. The highest BCUT2D eigenvalue weighted by Crippen LogP contribution is 3.02. The lowest BCUT2D eigenvalue weighted by molar-refractivity contribution is -0.384. The van der Waals surface area contributed by atoms with E-state index in [-0.39, 0.29) is 28.3 Å². The fourth-order valence-electron chi connectivity index (χ4n) is 2.36. The zero-order valence-corrected chi connectivity index (χ0v) is 17.0. The predicted octanol–water partition coefficient (Wildman–Crippen LogP) is 5.78. The zero-order chi connectivity index (χ0) is 23.1. The van der Waals surface area contributed by atoms with E-state index in [9.17, 15) is 34.3 Å². The third kappa shape index (κ3) is 5.29. The average molecular weight is 481 g/mol. The molecule has 166 valence electrons. The lowest BCUT2D eigenvalue weighted by Crippen LogP contribution is -2.14. The molecule has 0 saturated carbocycles. The summed E-state index contributed by atoms with van der Waals surface area (Å²) in [5, 5.41) is 21.2. The quantitative estimate of drug-likeness (QED) is 0.272. The van der Waals surface area contributed by atoms with Crippen LogP contribution in [0.4, 0.5) is 30.8 Å². The summed E-state index contributed by atoms with van der Waals surface area (Å²) in [7, 11) is -8.22. The molecular weight excluding hydrogens is 469 g/mol. The summed E-state index contributed by atoms with van der Waals surface area (Å²) in [6.07, 6.45) is 1.40. The van der Waals surface area contributed by atoms with Crippen LogP contribution in [0.25, 0.3) is 0 Å². The molecule has 2 aromatic carbocycles. The molecule has 0 saturated heterocycles. The second-order valence-electron chi connectivity index (χ2n) is 6.21. The SMILES string of the molecule is Cn1cnnc1Sc1ccc([N+](=O)[O-])cc1C(=O)Nc1ccc(S(F)(F)(F)(F)F)cc1. The van der Waals surface area contributed by atoms with E-state index >= 15 is 0 Å². The molecule has 0 bridgehead atoms. The summed E-state index contributed by atoms with van der Waals surface area (Å²) in [5.41, 5.74) is -0.778. The first-order valence-electron chi connectivity index (χ1n) is 8.10. The third-order valence-electron chi connectivity index (χ3n) is 3.85. The van der Waals surface area contributed by atoms with Gasteiger partial charge in [-0.2, -0.15) is 0 Å². The second-order valence-corrected chi connectivity index (χ2v) is 9.63. The third-order valence-corrected chi connectivity index (χ3v) is 6.14. The number of halogens is 5. The largest absolute Gasteiger partial charge is 0.322 e. The number of carbonyl (C=O) groups is 1. The molecule has 0 fully saturated rings. The first kappa shape index (κ1) is 22.5. The summed E-state index contributed by atoms with van der Waals surface area (Å²) in [6.45, 7) is 0. The number of nitrogens with zero attached hydrogens (tertiary/aromatic N) is 4. The molecule has 1 N–H and O–H groups in total. The molecule has 0 atom stereocenters. The van der Waals surface area contributed by atoms with Gasteiger partial charge in [0.2, 0.25) is 0 Å². The molecule has 0 spiro atoms. The lowest BCUT2D eigenvalue weighted by Gasteiger charge is -2.40. The van der Waals surface area contributed by atoms with Gasteiger partial charge in [-0.25, -0.2) is 0 Å². The Morgan fingerprint density at radius 2 is 1.77 bits per heavy atom. The highest BCUT2D eigenvalue weighted by atomic mass is 32.5. The molecule has 3 rings (SSSR count). The molecule has 15 heteroatoms. The van der Waals surface area contributed by atoms with Crippen molar-refractivity contribution in [1.82, 2.24) is 14.8 Å². The minimum Gasteiger partial charge on any atom is -0.322 e. The van der Waals surface area contributed by atoms with Crippen LogP contribution in [0.15, 0.2) is 63.7 Å². The number of anilines is 1. The van der Waals surface area contributed by atoms with Gasteiger partial charge in [-0.3, -0.25) is 14.9 Å². The Balaban J connectivity index is 1.92. The fraction of sp³-hybridized carbons (Fsp3) is 0.0625. The summed E-state index contributed by atoms with van der Waals surface area (Å²) in [6, 6.07) is 5.09. The molecule has 1 aromatic heterocycles. The lowest BCUT2D eigenvalue weighted by atomic mass is 10.2. The summed E-state index contributed by atoms with van der Waals surface area (Å²) >= 11 is 0.974. The first-order valence-corrected chi connectivity index (χ1v) is 10.9. The molecule has 1 heterocycles. The average Bonchev–Trinajstić information content (AvgIpc) is 3.05. The highest BCUT2D eigenvalue weighted by molar-refractivity contribution is 8.45. The molecule has 3 aromatic rings. The van der Waals surface area contributed by atoms with Gasteiger partial charge in [0.15, 0.2) is 5.16 Å². The number of rotatable bonds is 6. The van der Waals surface area contributed by atoms with Gasteiger partial charge in [0.1, 0.15) is 11.2 Å². The number of nitro groups is 1. The molecule has 0 radical (unpaired) electrons. The number of carbonyl (C=O) groups excluding carboxylic acids is 1. The molecule has 31 heavy (non-hydrogen) atoms. The number of hydrogen-bond donors (Lipinski definition) is 1. The van der Waals surface area contributed by atoms with Gasteiger partial charge in [-0.15, -0.1) is 10.2 Å². The van der Waals surface area contributed by atoms with Gasteiger partial charge < -0.3 is 9.88 Å². The Kier molecular flexibility index (Phi) is 5.01. The van der Waals surface area contributed by atoms with Crippen molar-refractivity contribution in [2.45, 2.75) is 14.9 Å². The maximum Gasteiger partial charge on any atom is 0.310 e. The second kappa shape index (κ2) is 6.91. The van der Waals surface area contributed by atoms with E-state index in [2.05, 4.69) is 15.5 Å². The Labute approximate surface area is 175 Å². The predicted molar refractivity (Wildman–Crippen MR) is 104 cm³/mol. The normalized spacial score (nSPS) is 13.9. The van der Waals surface area contributed by atoms with Gasteiger partial charge in [0, 0.05) is 29.8 Å². The first-order chi connectivity index (χ1) is 14.1. The highest BCUT2D eigenvalue weighted by Gasteiger charge is 2.65. The number of nitrogens with one attached hydrogen (secondary N) is 1. The molecule has 8 nitrogen and oxygen atoms in total. The van der Waals surface area contributed by atoms with Crippen molar-refractivity contribution in [3.05, 3.63) is 64.5 Å². The van der Waals surface area contributed by atoms with Crippen LogP contribution in [0.5, 0.6) is 0 Å². The Bertz CT molecular complexity index is 1180. The van der Waals surface area contributed by atoms with Crippen LogP contribution in [0.3, 0.4) is 0 Å². The Morgan fingerprint density at radius 1 is 1.13 bits per heavy atom. The van der Waals surface area contributed by atoms with Gasteiger partial charge in [0.25, 0.3) is 11.6 Å². The van der Waals surface area contributed by atoms with E-state index in [0.29, 0.717) is 17.3 Å². The van der Waals surface area contributed by atoms with Crippen LogP contribution in [-0.2, 0) is 7.05 Å². The maximum atomic E-state index is 12.8. The Morgan fingerprint density at radius 3 is 2.29 bits per heavy atom. The van der Waals surface area contributed by atoms with Crippen LogP contribution < -0.4 is 5.32 Å². The van der Waals surface area contributed by atoms with Crippen LogP contribution in [0.2, 0.25) is 0 Å². The van der Waals surface area contributed by atoms with Crippen LogP contribution in [-0.4, -0.2) is 25.6 Å². The van der Waals surface area contributed by atoms with Crippen molar-refractivity contribution < 1.29 is 29.1 Å². The van der Waals surface area contributed by atoms with Crippen LogP contribution in [0, 0.1) is 10.1 Å². The summed E-state index contributed by atoms with van der Waals surface area (Å²) in [5.74, 6) is -0.895. The zero-order valence-electron chi connectivity index (χ0n) is 15.3. The van der Waals surface area contributed by atoms with E-state index in [1.54, 1.807) is 7.05 Å². The molecule has 0 aliphatic carbocycles. The van der Waals surface area contributed by atoms with Crippen molar-refractivity contribution in [2.24, 2.45) is 7.05 Å². The Hall–Kier alpha value is -3.20. The number of benzene rings is 2. The molecular formula is C16H12F5N5O3S2. The van der Waals surface area contributed by atoms with Gasteiger partial charge in [-0.1, -0.05) is 19.4 Å². The monoisotopic (exact) mass is 481 g/mol. The van der Waals surface area contributed by atoms with Crippen molar-refractivity contribution in [1.29, 1.82) is 0 Å². The van der Waals surface area contributed by atoms with Crippen LogP contribution in [0.1, 0.15) is 10.4 Å². The van der Waals surface area contributed by atoms with Gasteiger partial charge in [0.05, 0.1) is 10.5 Å². The van der Waals surface area contributed by atoms with Crippen LogP contribution >= 0.6 is 22.0 Å². The number of nitro benzene ring substituents is 1. The van der Waals surface area contributed by atoms with E-state index in [1.807, 2.05) is 0 Å². The minimum atomic E-state index is -9.85. The molecule has 1 amide bonds. The number of aryl methyl sites for hydroxylation is 1. The van der Waals surface area contributed by atoms with Crippen molar-refractivity contribution in [3.8, 4) is 0 Å². The standard InChI is InChI=1S/C16H12F5N5O3S2/c1-25-9-22-24-16(25)30-14-7-4-11(26(28)29)8-13(14)15(27)23-10-2-5-12(6-3-10)31(17,18,19,20)21/h2-9H,1H3,(H,23,27). The van der Waals surface area contributed by atoms with Crippen molar-refractivity contribution >= 4 is 39.3 Å². The van der Waals surface area contributed by atoms with Gasteiger partial charge >= 0.3 is 10.2 Å². The van der Waals surface area contributed by atoms with Crippen molar-refractivity contribution in [2.75, 3.05) is 5.32 Å². The maximum absolute atomic E-state index is 12.8. The smallest absolute Gasteiger partial charge is 0.310 e. The number of amides is 1. The van der Waals surface area contributed by atoms with Gasteiger partial charge in [-0.05, 0) is 42.1 Å². The topological polar surface area (TPSA) is 103 Å². The minimum absolute atomic E-state index is 0.153. The molecule has 0 aliphatic heterocycles. The fourth-order valence-corrected chi connectivity index (χ4v) is 3.88.